The Bertz CT molecular complexity index is 1110. The van der Waals surface area contributed by atoms with Crippen molar-refractivity contribution in [2.24, 2.45) is 11.1 Å². The largest absolute Gasteiger partial charge is 0.490 e. The molecule has 11 nitrogen and oxygen atoms in total. The number of aliphatic hydroxyl groups excluding tert-OH is 1. The number of aromatic nitrogens is 2. The summed E-state index contributed by atoms with van der Waals surface area (Å²) >= 11 is 0. The van der Waals surface area contributed by atoms with Crippen LogP contribution >= 0.6 is 0 Å². The molecule has 1 fully saturated rings. The fourth-order valence-corrected chi connectivity index (χ4v) is 3.62. The monoisotopic (exact) mass is 490 g/mol. The third kappa shape index (κ3) is 6.62. The molecule has 0 aliphatic carbocycles. The Hall–Kier alpha value is -3.34. The van der Waals surface area contributed by atoms with Crippen LogP contribution in [0.1, 0.15) is 41.5 Å². The Balaban J connectivity index is 1.64. The molecule has 1 saturated heterocycles. The maximum absolute atomic E-state index is 12.3. The number of carbonyl (C=O) groups excluding carboxylic acids is 3. The van der Waals surface area contributed by atoms with Crippen LogP contribution in [0.5, 0.6) is 5.75 Å². The average Bonchev–Trinajstić information content (AvgIpc) is 3.06. The Labute approximate surface area is 204 Å². The quantitative estimate of drug-likeness (QED) is 0.559. The van der Waals surface area contributed by atoms with Gasteiger partial charge in [-0.15, -0.1) is 0 Å². The molecule has 2 aromatic rings. The van der Waals surface area contributed by atoms with E-state index in [-0.39, 0.29) is 26.2 Å². The van der Waals surface area contributed by atoms with Crippen LogP contribution in [-0.4, -0.2) is 74.8 Å². The summed E-state index contributed by atoms with van der Waals surface area (Å²) in [4.78, 5) is 37.9. The summed E-state index contributed by atoms with van der Waals surface area (Å²) in [5.41, 5.74) is 4.05. The minimum absolute atomic E-state index is 0.143. The first-order valence-electron chi connectivity index (χ1n) is 11.4. The highest BCUT2D eigenvalue weighted by molar-refractivity contribution is 5.85. The number of nitrogens with two attached hydrogens (primary N) is 1. The molecule has 192 valence electrons. The van der Waals surface area contributed by atoms with E-state index in [0.29, 0.717) is 11.3 Å². The fraction of sp³-hybridized carbons (Fsp3) is 0.583. The van der Waals surface area contributed by atoms with Gasteiger partial charge in [-0.25, -0.2) is 9.59 Å². The molecule has 2 amide bonds. The van der Waals surface area contributed by atoms with Crippen molar-refractivity contribution in [2.45, 2.75) is 65.4 Å². The summed E-state index contributed by atoms with van der Waals surface area (Å²) in [7, 11) is 0. The topological polar surface area (TPSA) is 146 Å². The number of carbonyl (C=O) groups is 3. The molecule has 1 aliphatic heterocycles. The van der Waals surface area contributed by atoms with Gasteiger partial charge in [-0.2, -0.15) is 5.10 Å². The summed E-state index contributed by atoms with van der Waals surface area (Å²) in [6.07, 6.45) is -0.169. The van der Waals surface area contributed by atoms with Crippen molar-refractivity contribution in [2.75, 3.05) is 19.7 Å². The minimum Gasteiger partial charge on any atom is -0.490 e. The molecule has 11 heteroatoms. The van der Waals surface area contributed by atoms with Crippen molar-refractivity contribution in [3.8, 4) is 5.75 Å². The van der Waals surface area contributed by atoms with E-state index in [9.17, 15) is 19.5 Å². The lowest BCUT2D eigenvalue weighted by molar-refractivity contribution is -0.166. The molecule has 1 aromatic heterocycles. The first kappa shape index (κ1) is 26.3. The number of likely N-dealkylation sites (tertiary alicyclic amines) is 1. The zero-order chi connectivity index (χ0) is 26.2. The van der Waals surface area contributed by atoms with Gasteiger partial charge in [0.1, 0.15) is 29.0 Å². The normalized spacial score (nSPS) is 16.4. The molecule has 1 aromatic carbocycles. The molecule has 1 aliphatic rings. The van der Waals surface area contributed by atoms with Gasteiger partial charge in [0, 0.05) is 24.7 Å². The summed E-state index contributed by atoms with van der Waals surface area (Å²) in [5, 5.41) is 15.2. The SMILES string of the molecule is CC(C)(C)OC(=O)C(O)COc1ccc2nn(CC3(C(N)=O)CN(C(=O)OC(C)(C)C)C3)cc2c1. The second-order valence-electron chi connectivity index (χ2n) is 10.9. The number of primary amides is 1. The predicted octanol–water partition coefficient (Wildman–Crippen LogP) is 1.84. The average molecular weight is 491 g/mol. The number of nitrogens with zero attached hydrogens (tertiary/aromatic N) is 3. The van der Waals surface area contributed by atoms with E-state index in [4.69, 9.17) is 19.9 Å². The highest BCUT2D eigenvalue weighted by atomic mass is 16.6. The van der Waals surface area contributed by atoms with Gasteiger partial charge in [-0.05, 0) is 59.7 Å². The standard InChI is InChI=1S/C24H34N4O7/c1-22(2,3)34-19(30)18(29)11-33-16-7-8-17-15(9-16)10-28(26-17)14-24(20(25)31)12-27(13-24)21(32)35-23(4,5)6/h7-10,18,29H,11-14H2,1-6H3,(H2,25,31). The number of benzene rings is 1. The number of rotatable bonds is 7. The highest BCUT2D eigenvalue weighted by Gasteiger charge is 2.51. The van der Waals surface area contributed by atoms with E-state index < -0.39 is 40.7 Å². The molecule has 1 atom stereocenters. The summed E-state index contributed by atoms with van der Waals surface area (Å²) in [6.45, 7) is 10.7. The van der Waals surface area contributed by atoms with Gasteiger partial charge >= 0.3 is 12.1 Å². The Morgan fingerprint density at radius 1 is 1.11 bits per heavy atom. The molecule has 2 heterocycles. The molecule has 0 radical (unpaired) electrons. The second kappa shape index (κ2) is 9.37. The van der Waals surface area contributed by atoms with Crippen molar-refractivity contribution in [3.05, 3.63) is 24.4 Å². The minimum atomic E-state index is -1.42. The Kier molecular flexibility index (Phi) is 7.03. The lowest BCUT2D eigenvalue weighted by Gasteiger charge is -2.47. The van der Waals surface area contributed by atoms with Crippen molar-refractivity contribution in [1.29, 1.82) is 0 Å². The number of hydrogen-bond acceptors (Lipinski definition) is 8. The number of amides is 2. The maximum atomic E-state index is 12.3. The molecule has 3 N–H and O–H groups in total. The lowest BCUT2D eigenvalue weighted by atomic mass is 9.79. The van der Waals surface area contributed by atoms with E-state index in [0.717, 1.165) is 5.39 Å². The van der Waals surface area contributed by atoms with Gasteiger partial charge in [0.15, 0.2) is 6.10 Å². The third-order valence-electron chi connectivity index (χ3n) is 5.24. The van der Waals surface area contributed by atoms with E-state index >= 15 is 0 Å². The van der Waals surface area contributed by atoms with Crippen molar-refractivity contribution in [1.82, 2.24) is 14.7 Å². The molecule has 0 spiro atoms. The first-order valence-corrected chi connectivity index (χ1v) is 11.4. The molecule has 0 saturated carbocycles. The molecular weight excluding hydrogens is 456 g/mol. The highest BCUT2D eigenvalue weighted by Crippen LogP contribution is 2.34. The summed E-state index contributed by atoms with van der Waals surface area (Å²) < 4.78 is 17.7. The van der Waals surface area contributed by atoms with Crippen LogP contribution in [0.3, 0.4) is 0 Å². The lowest BCUT2D eigenvalue weighted by Crippen LogP contribution is -2.66. The van der Waals surface area contributed by atoms with Gasteiger partial charge in [0.25, 0.3) is 0 Å². The van der Waals surface area contributed by atoms with Crippen LogP contribution in [0.25, 0.3) is 10.9 Å². The number of aliphatic hydroxyl groups is 1. The van der Waals surface area contributed by atoms with E-state index in [2.05, 4.69) is 5.10 Å². The van der Waals surface area contributed by atoms with Crippen LogP contribution < -0.4 is 10.5 Å². The Morgan fingerprint density at radius 3 is 2.31 bits per heavy atom. The zero-order valence-corrected chi connectivity index (χ0v) is 21.0. The smallest absolute Gasteiger partial charge is 0.410 e. The zero-order valence-electron chi connectivity index (χ0n) is 21.0. The molecular formula is C24H34N4O7. The maximum Gasteiger partial charge on any atom is 0.410 e. The molecule has 35 heavy (non-hydrogen) atoms. The van der Waals surface area contributed by atoms with Crippen LogP contribution in [-0.2, 0) is 25.6 Å². The van der Waals surface area contributed by atoms with Gasteiger partial charge < -0.3 is 30.0 Å². The number of esters is 1. The summed E-state index contributed by atoms with van der Waals surface area (Å²) in [6, 6.07) is 5.11. The van der Waals surface area contributed by atoms with Gasteiger partial charge in [-0.3, -0.25) is 9.48 Å². The number of fused-ring (bicyclic) bond motifs is 1. The first-order chi connectivity index (χ1) is 16.1. The second-order valence-corrected chi connectivity index (χ2v) is 10.9. The Morgan fingerprint density at radius 2 is 1.74 bits per heavy atom. The third-order valence-corrected chi connectivity index (χ3v) is 5.24. The predicted molar refractivity (Wildman–Crippen MR) is 127 cm³/mol. The van der Waals surface area contributed by atoms with Gasteiger partial charge in [-0.1, -0.05) is 0 Å². The molecule has 3 rings (SSSR count). The number of ether oxygens (including phenoxy) is 3. The van der Waals surface area contributed by atoms with Crippen molar-refractivity contribution in [3.63, 3.8) is 0 Å². The van der Waals surface area contributed by atoms with Crippen molar-refractivity contribution >= 4 is 28.9 Å². The fourth-order valence-electron chi connectivity index (χ4n) is 3.62. The van der Waals surface area contributed by atoms with Gasteiger partial charge in [0.2, 0.25) is 5.91 Å². The molecule has 1 unspecified atom stereocenters. The van der Waals surface area contributed by atoms with Gasteiger partial charge in [0.05, 0.1) is 12.1 Å². The van der Waals surface area contributed by atoms with Crippen LogP contribution in [0, 0.1) is 5.41 Å². The summed E-state index contributed by atoms with van der Waals surface area (Å²) in [5.74, 6) is -0.842. The van der Waals surface area contributed by atoms with E-state index in [1.54, 1.807) is 70.6 Å². The van der Waals surface area contributed by atoms with Crippen LogP contribution in [0.4, 0.5) is 4.79 Å². The van der Waals surface area contributed by atoms with E-state index in [1.165, 1.54) is 4.90 Å². The van der Waals surface area contributed by atoms with E-state index in [1.807, 2.05) is 0 Å². The van der Waals surface area contributed by atoms with Crippen LogP contribution in [0.15, 0.2) is 24.4 Å². The van der Waals surface area contributed by atoms with Crippen molar-refractivity contribution < 1.29 is 33.7 Å². The van der Waals surface area contributed by atoms with Crippen LogP contribution in [0.2, 0.25) is 0 Å². The molecule has 0 bridgehead atoms. The number of hydrogen-bond donors (Lipinski definition) is 2.